The summed E-state index contributed by atoms with van der Waals surface area (Å²) in [4.78, 5) is 26.2. The molecule has 2 aromatic rings. The summed E-state index contributed by atoms with van der Waals surface area (Å²) >= 11 is 5.99. The van der Waals surface area contributed by atoms with Crippen molar-refractivity contribution < 1.29 is 14.3 Å². The summed E-state index contributed by atoms with van der Waals surface area (Å²) in [6.07, 6.45) is 0. The Bertz CT molecular complexity index is 826. The highest BCUT2D eigenvalue weighted by molar-refractivity contribution is 6.31. The number of ether oxygens (including phenoxy) is 1. The fourth-order valence-electron chi connectivity index (χ4n) is 3.06. The predicted octanol–water partition coefficient (Wildman–Crippen LogP) is 4.27. The van der Waals surface area contributed by atoms with Crippen molar-refractivity contribution in [3.63, 3.8) is 0 Å². The molecule has 0 bridgehead atoms. The average Bonchev–Trinajstić information content (AvgIpc) is 2.53. The average molecular weight is 375 g/mol. The molecule has 0 aliphatic carbocycles. The van der Waals surface area contributed by atoms with E-state index in [0.29, 0.717) is 16.5 Å². The number of methoxy groups -OCH3 is 1. The predicted molar refractivity (Wildman–Crippen MR) is 105 cm³/mol. The van der Waals surface area contributed by atoms with Gasteiger partial charge in [-0.25, -0.2) is 0 Å². The van der Waals surface area contributed by atoms with E-state index in [1.807, 2.05) is 32.9 Å². The summed E-state index contributed by atoms with van der Waals surface area (Å²) in [6.45, 7) is 7.22. The number of anilines is 2. The van der Waals surface area contributed by atoms with E-state index in [0.717, 1.165) is 22.4 Å². The van der Waals surface area contributed by atoms with Crippen molar-refractivity contribution in [2.24, 2.45) is 0 Å². The molecule has 0 aromatic heterocycles. The number of aryl methyl sites for hydroxylation is 3. The van der Waals surface area contributed by atoms with E-state index in [4.69, 9.17) is 16.3 Å². The third kappa shape index (κ3) is 4.55. The van der Waals surface area contributed by atoms with Crippen LogP contribution in [-0.2, 0) is 9.59 Å². The molecule has 0 spiro atoms. The number of amides is 2. The molecular weight excluding hydrogens is 352 g/mol. The van der Waals surface area contributed by atoms with E-state index in [1.54, 1.807) is 18.2 Å². The van der Waals surface area contributed by atoms with E-state index in [2.05, 4.69) is 5.32 Å². The standard InChI is InChI=1S/C20H23ClN2O3/c1-12-8-13(2)20(14(3)9-12)23(15(4)24)11-19(25)22-17-10-16(21)6-7-18(17)26-5/h6-10H,11H2,1-5H3,(H,22,25). The van der Waals surface area contributed by atoms with Crippen LogP contribution in [0.2, 0.25) is 5.02 Å². The molecule has 1 N–H and O–H groups in total. The molecule has 0 atom stereocenters. The van der Waals surface area contributed by atoms with E-state index < -0.39 is 0 Å². The van der Waals surface area contributed by atoms with Crippen molar-refractivity contribution in [2.75, 3.05) is 23.9 Å². The van der Waals surface area contributed by atoms with Crippen LogP contribution in [0.3, 0.4) is 0 Å². The topological polar surface area (TPSA) is 58.6 Å². The van der Waals surface area contributed by atoms with Crippen LogP contribution in [0.1, 0.15) is 23.6 Å². The van der Waals surface area contributed by atoms with Crippen LogP contribution in [0.5, 0.6) is 5.75 Å². The normalized spacial score (nSPS) is 10.4. The summed E-state index contributed by atoms with van der Waals surface area (Å²) in [5.41, 5.74) is 4.24. The zero-order valence-electron chi connectivity index (χ0n) is 15.6. The maximum atomic E-state index is 12.6. The third-order valence-electron chi connectivity index (χ3n) is 4.02. The lowest BCUT2D eigenvalue weighted by atomic mass is 10.0. The SMILES string of the molecule is COc1ccc(Cl)cc1NC(=O)CN(C(C)=O)c1c(C)cc(C)cc1C. The highest BCUT2D eigenvalue weighted by Crippen LogP contribution is 2.29. The number of nitrogens with zero attached hydrogens (tertiary/aromatic N) is 1. The van der Waals surface area contributed by atoms with Crippen molar-refractivity contribution in [3.8, 4) is 5.75 Å². The summed E-state index contributed by atoms with van der Waals surface area (Å²) in [5, 5.41) is 3.25. The molecule has 2 rings (SSSR count). The highest BCUT2D eigenvalue weighted by Gasteiger charge is 2.20. The van der Waals surface area contributed by atoms with Gasteiger partial charge in [0.15, 0.2) is 0 Å². The first-order valence-electron chi connectivity index (χ1n) is 8.22. The van der Waals surface area contributed by atoms with Gasteiger partial charge in [-0.3, -0.25) is 9.59 Å². The Morgan fingerprint density at radius 1 is 1.12 bits per heavy atom. The first-order valence-corrected chi connectivity index (χ1v) is 8.60. The van der Waals surface area contributed by atoms with E-state index in [-0.39, 0.29) is 18.4 Å². The van der Waals surface area contributed by atoms with Crippen molar-refractivity contribution in [2.45, 2.75) is 27.7 Å². The van der Waals surface area contributed by atoms with Crippen LogP contribution >= 0.6 is 11.6 Å². The monoisotopic (exact) mass is 374 g/mol. The van der Waals surface area contributed by atoms with Crippen molar-refractivity contribution in [1.29, 1.82) is 0 Å². The van der Waals surface area contributed by atoms with E-state index in [9.17, 15) is 9.59 Å². The molecular formula is C20H23ClN2O3. The van der Waals surface area contributed by atoms with Gasteiger partial charge in [-0.2, -0.15) is 0 Å². The summed E-state index contributed by atoms with van der Waals surface area (Å²) < 4.78 is 5.24. The van der Waals surface area contributed by atoms with Gasteiger partial charge in [0.25, 0.3) is 0 Å². The molecule has 0 fully saturated rings. The second-order valence-electron chi connectivity index (χ2n) is 6.25. The smallest absolute Gasteiger partial charge is 0.244 e. The number of carbonyl (C=O) groups excluding carboxylic acids is 2. The first-order chi connectivity index (χ1) is 12.2. The fraction of sp³-hybridized carbons (Fsp3) is 0.300. The Labute approximate surface area is 158 Å². The maximum Gasteiger partial charge on any atom is 0.244 e. The van der Waals surface area contributed by atoms with Crippen LogP contribution < -0.4 is 15.0 Å². The Hall–Kier alpha value is -2.53. The van der Waals surface area contributed by atoms with Crippen LogP contribution in [-0.4, -0.2) is 25.5 Å². The Balaban J connectivity index is 2.28. The number of benzene rings is 2. The van der Waals surface area contributed by atoms with Crippen molar-refractivity contribution >= 4 is 34.8 Å². The van der Waals surface area contributed by atoms with Crippen LogP contribution in [0.25, 0.3) is 0 Å². The second-order valence-corrected chi connectivity index (χ2v) is 6.68. The Morgan fingerprint density at radius 2 is 1.73 bits per heavy atom. The largest absolute Gasteiger partial charge is 0.495 e. The highest BCUT2D eigenvalue weighted by atomic mass is 35.5. The van der Waals surface area contributed by atoms with Gasteiger partial charge >= 0.3 is 0 Å². The summed E-state index contributed by atoms with van der Waals surface area (Å²) in [6, 6.07) is 8.96. The lowest BCUT2D eigenvalue weighted by molar-refractivity contribution is -0.120. The number of hydrogen-bond donors (Lipinski definition) is 1. The molecule has 0 saturated carbocycles. The molecule has 138 valence electrons. The van der Waals surface area contributed by atoms with Crippen LogP contribution in [0.15, 0.2) is 30.3 Å². The maximum absolute atomic E-state index is 12.6. The molecule has 0 saturated heterocycles. The summed E-state index contributed by atoms with van der Waals surface area (Å²) in [5.74, 6) is -0.0341. The lowest BCUT2D eigenvalue weighted by Gasteiger charge is -2.25. The number of carbonyl (C=O) groups is 2. The minimum Gasteiger partial charge on any atom is -0.495 e. The number of rotatable bonds is 5. The Kier molecular flexibility index (Phi) is 6.27. The Morgan fingerprint density at radius 3 is 2.27 bits per heavy atom. The molecule has 0 unspecified atom stereocenters. The minimum absolute atomic E-state index is 0.101. The van der Waals surface area contributed by atoms with Gasteiger partial charge in [0.05, 0.1) is 18.5 Å². The molecule has 2 aromatic carbocycles. The van der Waals surface area contributed by atoms with Crippen molar-refractivity contribution in [1.82, 2.24) is 0 Å². The number of hydrogen-bond acceptors (Lipinski definition) is 3. The first kappa shape index (κ1) is 19.8. The van der Waals surface area contributed by atoms with Gasteiger partial charge in [-0.15, -0.1) is 0 Å². The second kappa shape index (κ2) is 8.23. The molecule has 2 amide bonds. The van der Waals surface area contributed by atoms with E-state index in [1.165, 1.54) is 18.9 Å². The quantitative estimate of drug-likeness (QED) is 0.850. The van der Waals surface area contributed by atoms with E-state index >= 15 is 0 Å². The number of nitrogens with one attached hydrogen (secondary N) is 1. The minimum atomic E-state index is -0.333. The van der Waals surface area contributed by atoms with Gasteiger partial charge in [0, 0.05) is 11.9 Å². The van der Waals surface area contributed by atoms with Crippen LogP contribution in [0.4, 0.5) is 11.4 Å². The lowest BCUT2D eigenvalue weighted by Crippen LogP contribution is -2.37. The van der Waals surface area contributed by atoms with Gasteiger partial charge in [-0.05, 0) is 50.1 Å². The molecule has 5 nitrogen and oxygen atoms in total. The fourth-order valence-corrected chi connectivity index (χ4v) is 3.23. The molecule has 0 heterocycles. The molecule has 0 radical (unpaired) electrons. The van der Waals surface area contributed by atoms with Gasteiger partial charge in [-0.1, -0.05) is 29.3 Å². The van der Waals surface area contributed by atoms with Gasteiger partial charge in [0.1, 0.15) is 12.3 Å². The molecule has 6 heteroatoms. The van der Waals surface area contributed by atoms with Gasteiger partial charge in [0.2, 0.25) is 11.8 Å². The molecule has 0 aliphatic heterocycles. The van der Waals surface area contributed by atoms with Gasteiger partial charge < -0.3 is 15.0 Å². The number of halogens is 1. The van der Waals surface area contributed by atoms with Crippen LogP contribution in [0, 0.1) is 20.8 Å². The summed E-state index contributed by atoms with van der Waals surface area (Å²) in [7, 11) is 1.51. The molecule has 0 aliphatic rings. The zero-order valence-corrected chi connectivity index (χ0v) is 16.4. The molecule has 26 heavy (non-hydrogen) atoms. The third-order valence-corrected chi connectivity index (χ3v) is 4.26. The van der Waals surface area contributed by atoms with Crippen molar-refractivity contribution in [3.05, 3.63) is 52.0 Å². The zero-order chi connectivity index (χ0) is 19.4.